The third-order valence-electron chi connectivity index (χ3n) is 2.61. The minimum atomic E-state index is -0.445. The molecule has 1 heterocycles. The standard InChI is InChI=1S/C14H14N4O3/c1-9-7-12(19)17-14(16-9)18-15-8-10-5-3-4-6-11(10)13(20)21-2/h3-8H,1-2H3,(H2,16,17,18,19)/b15-8-. The average Bonchev–Trinajstić information content (AvgIpc) is 2.46. The number of aromatic nitrogens is 2. The number of nitrogens with one attached hydrogen (secondary N) is 2. The number of ether oxygens (including phenoxy) is 1. The Balaban J connectivity index is 2.18. The summed E-state index contributed by atoms with van der Waals surface area (Å²) in [6, 6.07) is 8.25. The summed E-state index contributed by atoms with van der Waals surface area (Å²) in [6.45, 7) is 1.71. The molecular formula is C14H14N4O3. The van der Waals surface area contributed by atoms with Gasteiger partial charge in [-0.1, -0.05) is 18.2 Å². The molecule has 0 spiro atoms. The fourth-order valence-electron chi connectivity index (χ4n) is 1.70. The van der Waals surface area contributed by atoms with E-state index in [4.69, 9.17) is 4.74 Å². The number of H-pyrrole nitrogens is 1. The van der Waals surface area contributed by atoms with E-state index >= 15 is 0 Å². The Bertz CT molecular complexity index is 737. The van der Waals surface area contributed by atoms with Crippen LogP contribution in [-0.4, -0.2) is 29.3 Å². The topological polar surface area (TPSA) is 96.4 Å². The predicted octanol–water partition coefficient (Wildman–Crippen LogP) is 1.31. The van der Waals surface area contributed by atoms with Crippen LogP contribution >= 0.6 is 0 Å². The molecule has 0 fully saturated rings. The minimum absolute atomic E-state index is 0.229. The Kier molecular flexibility index (Phi) is 4.45. The van der Waals surface area contributed by atoms with Gasteiger partial charge in [0.15, 0.2) is 0 Å². The van der Waals surface area contributed by atoms with E-state index in [0.717, 1.165) is 0 Å². The Morgan fingerprint density at radius 3 is 2.90 bits per heavy atom. The van der Waals surface area contributed by atoms with Crippen LogP contribution in [0.2, 0.25) is 0 Å². The molecule has 1 aromatic heterocycles. The van der Waals surface area contributed by atoms with E-state index in [-0.39, 0.29) is 11.5 Å². The third kappa shape index (κ3) is 3.75. The molecule has 7 heteroatoms. The van der Waals surface area contributed by atoms with Gasteiger partial charge in [-0.25, -0.2) is 15.2 Å². The average molecular weight is 286 g/mol. The van der Waals surface area contributed by atoms with E-state index in [1.54, 1.807) is 31.2 Å². The second-order valence-corrected chi connectivity index (χ2v) is 4.18. The number of aryl methyl sites for hydroxylation is 1. The summed E-state index contributed by atoms with van der Waals surface area (Å²) in [7, 11) is 1.32. The molecule has 0 saturated carbocycles. The van der Waals surface area contributed by atoms with Crippen molar-refractivity contribution in [2.75, 3.05) is 12.5 Å². The molecule has 0 bridgehead atoms. The number of nitrogens with zero attached hydrogens (tertiary/aromatic N) is 2. The molecule has 21 heavy (non-hydrogen) atoms. The van der Waals surface area contributed by atoms with Crippen molar-refractivity contribution in [1.29, 1.82) is 0 Å². The van der Waals surface area contributed by atoms with Crippen LogP contribution < -0.4 is 11.0 Å². The van der Waals surface area contributed by atoms with Gasteiger partial charge < -0.3 is 4.74 Å². The molecule has 1 aromatic carbocycles. The summed E-state index contributed by atoms with van der Waals surface area (Å²) < 4.78 is 4.69. The minimum Gasteiger partial charge on any atom is -0.465 e. The van der Waals surface area contributed by atoms with Gasteiger partial charge in [-0.05, 0) is 13.0 Å². The number of rotatable bonds is 4. The zero-order valence-corrected chi connectivity index (χ0v) is 11.6. The fourth-order valence-corrected chi connectivity index (χ4v) is 1.70. The molecule has 2 rings (SSSR count). The molecule has 0 aliphatic carbocycles. The fraction of sp³-hybridized carbons (Fsp3) is 0.143. The van der Waals surface area contributed by atoms with Crippen LogP contribution in [0.25, 0.3) is 0 Å². The van der Waals surface area contributed by atoms with Gasteiger partial charge in [0.1, 0.15) is 0 Å². The van der Waals surface area contributed by atoms with Gasteiger partial charge in [0.2, 0.25) is 5.95 Å². The van der Waals surface area contributed by atoms with Crippen molar-refractivity contribution in [2.24, 2.45) is 5.10 Å². The molecular weight excluding hydrogens is 272 g/mol. The Morgan fingerprint density at radius 1 is 1.43 bits per heavy atom. The Labute approximate surface area is 120 Å². The molecule has 2 N–H and O–H groups in total. The van der Waals surface area contributed by atoms with Gasteiger partial charge >= 0.3 is 5.97 Å². The second kappa shape index (κ2) is 6.47. The lowest BCUT2D eigenvalue weighted by molar-refractivity contribution is 0.0600. The van der Waals surface area contributed by atoms with Crippen LogP contribution in [0.4, 0.5) is 5.95 Å². The first-order valence-electron chi connectivity index (χ1n) is 6.14. The summed E-state index contributed by atoms with van der Waals surface area (Å²) in [5.74, 6) is -0.217. The summed E-state index contributed by atoms with van der Waals surface area (Å²) in [6.07, 6.45) is 1.45. The monoisotopic (exact) mass is 286 g/mol. The number of benzene rings is 1. The van der Waals surface area contributed by atoms with Crippen LogP contribution in [0.1, 0.15) is 21.6 Å². The predicted molar refractivity (Wildman–Crippen MR) is 78.6 cm³/mol. The van der Waals surface area contributed by atoms with E-state index in [1.165, 1.54) is 19.4 Å². The number of carbonyl (C=O) groups is 1. The van der Waals surface area contributed by atoms with Gasteiger partial charge in [0.05, 0.1) is 18.9 Å². The van der Waals surface area contributed by atoms with Crippen molar-refractivity contribution in [3.8, 4) is 0 Å². The van der Waals surface area contributed by atoms with E-state index in [2.05, 4.69) is 20.5 Å². The van der Waals surface area contributed by atoms with Crippen LogP contribution in [0.15, 0.2) is 40.2 Å². The highest BCUT2D eigenvalue weighted by Gasteiger charge is 2.08. The normalized spacial score (nSPS) is 10.6. The van der Waals surface area contributed by atoms with Crippen LogP contribution in [0.3, 0.4) is 0 Å². The lowest BCUT2D eigenvalue weighted by Gasteiger charge is -2.03. The Morgan fingerprint density at radius 2 is 2.19 bits per heavy atom. The first kappa shape index (κ1) is 14.4. The number of hydrogen-bond donors (Lipinski definition) is 2. The number of aromatic amines is 1. The number of hydrazone groups is 1. The Hall–Kier alpha value is -2.96. The van der Waals surface area contributed by atoms with Crippen LogP contribution in [-0.2, 0) is 4.74 Å². The number of esters is 1. The summed E-state index contributed by atoms with van der Waals surface area (Å²) in [4.78, 5) is 29.4. The lowest BCUT2D eigenvalue weighted by Crippen LogP contribution is -2.10. The molecule has 7 nitrogen and oxygen atoms in total. The van der Waals surface area contributed by atoms with Gasteiger partial charge in [0.25, 0.3) is 5.56 Å². The molecule has 0 unspecified atom stereocenters. The van der Waals surface area contributed by atoms with Crippen LogP contribution in [0.5, 0.6) is 0 Å². The van der Waals surface area contributed by atoms with E-state index in [0.29, 0.717) is 16.8 Å². The number of methoxy groups -OCH3 is 1. The SMILES string of the molecule is COC(=O)c1ccccc1/C=N\Nc1nc(C)cc(=O)[nH]1. The van der Waals surface area contributed by atoms with Crippen molar-refractivity contribution < 1.29 is 9.53 Å². The highest BCUT2D eigenvalue weighted by molar-refractivity contribution is 5.99. The van der Waals surface area contributed by atoms with Gasteiger partial charge in [0, 0.05) is 17.3 Å². The number of carbonyl (C=O) groups excluding carboxylic acids is 1. The molecule has 0 amide bonds. The quantitative estimate of drug-likeness (QED) is 0.502. The molecule has 0 saturated heterocycles. The van der Waals surface area contributed by atoms with Crippen molar-refractivity contribution in [3.63, 3.8) is 0 Å². The summed E-state index contributed by atoms with van der Waals surface area (Å²) in [5, 5.41) is 3.96. The van der Waals surface area contributed by atoms with Crippen molar-refractivity contribution in [3.05, 3.63) is 57.5 Å². The number of anilines is 1. The summed E-state index contributed by atoms with van der Waals surface area (Å²) in [5.41, 5.74) is 3.91. The zero-order chi connectivity index (χ0) is 15.2. The van der Waals surface area contributed by atoms with Gasteiger partial charge in [-0.3, -0.25) is 9.78 Å². The van der Waals surface area contributed by atoms with Gasteiger partial charge in [-0.2, -0.15) is 5.10 Å². The largest absolute Gasteiger partial charge is 0.465 e. The van der Waals surface area contributed by atoms with Crippen molar-refractivity contribution >= 4 is 18.1 Å². The molecule has 108 valence electrons. The molecule has 0 atom stereocenters. The van der Waals surface area contributed by atoms with Gasteiger partial charge in [-0.15, -0.1) is 0 Å². The molecule has 2 aromatic rings. The highest BCUT2D eigenvalue weighted by Crippen LogP contribution is 2.07. The molecule has 0 aliphatic heterocycles. The maximum atomic E-state index is 11.6. The number of hydrogen-bond acceptors (Lipinski definition) is 6. The zero-order valence-electron chi connectivity index (χ0n) is 11.6. The van der Waals surface area contributed by atoms with E-state index in [9.17, 15) is 9.59 Å². The maximum absolute atomic E-state index is 11.6. The highest BCUT2D eigenvalue weighted by atomic mass is 16.5. The van der Waals surface area contributed by atoms with Crippen molar-refractivity contribution in [1.82, 2.24) is 9.97 Å². The second-order valence-electron chi connectivity index (χ2n) is 4.18. The molecule has 0 radical (unpaired) electrons. The lowest BCUT2D eigenvalue weighted by atomic mass is 10.1. The van der Waals surface area contributed by atoms with Crippen LogP contribution in [0, 0.1) is 6.92 Å². The summed E-state index contributed by atoms with van der Waals surface area (Å²) >= 11 is 0. The third-order valence-corrected chi connectivity index (χ3v) is 2.61. The van der Waals surface area contributed by atoms with E-state index in [1.807, 2.05) is 0 Å². The maximum Gasteiger partial charge on any atom is 0.338 e. The van der Waals surface area contributed by atoms with E-state index < -0.39 is 5.97 Å². The first-order valence-corrected chi connectivity index (χ1v) is 6.14. The van der Waals surface area contributed by atoms with Crippen molar-refractivity contribution in [2.45, 2.75) is 6.92 Å². The first-order chi connectivity index (χ1) is 10.1. The smallest absolute Gasteiger partial charge is 0.338 e. The molecule has 0 aliphatic rings.